The fraction of sp³-hybridized carbons (Fsp3) is 0.769. The van der Waals surface area contributed by atoms with Crippen LogP contribution in [0, 0.1) is 0 Å². The number of aromatic nitrogens is 2. The summed E-state index contributed by atoms with van der Waals surface area (Å²) in [6, 6.07) is 0.582. The highest BCUT2D eigenvalue weighted by atomic mass is 15.3. The lowest BCUT2D eigenvalue weighted by atomic mass is 10.2. The lowest BCUT2D eigenvalue weighted by Crippen LogP contribution is -2.51. The molecule has 0 amide bonds. The van der Waals surface area contributed by atoms with Crippen molar-refractivity contribution in [3.8, 4) is 0 Å². The van der Waals surface area contributed by atoms with Crippen LogP contribution in [0.25, 0.3) is 0 Å². The highest BCUT2D eigenvalue weighted by Crippen LogP contribution is 2.10. The van der Waals surface area contributed by atoms with Gasteiger partial charge >= 0.3 is 0 Å². The summed E-state index contributed by atoms with van der Waals surface area (Å²) in [5.41, 5.74) is 1.28. The minimum Gasteiger partial charge on any atom is -0.332 e. The lowest BCUT2D eigenvalue weighted by molar-refractivity contribution is 0.102. The summed E-state index contributed by atoms with van der Waals surface area (Å²) < 4.78 is 2.28. The first kappa shape index (κ1) is 13.5. The zero-order valence-electron chi connectivity index (χ0n) is 11.8. The molecule has 1 saturated heterocycles. The van der Waals surface area contributed by atoms with E-state index >= 15 is 0 Å². The molecular weight excluding hydrogens is 226 g/mol. The van der Waals surface area contributed by atoms with Gasteiger partial charge in [-0.1, -0.05) is 6.92 Å². The normalized spacial score (nSPS) is 22.5. The molecule has 0 saturated carbocycles. The van der Waals surface area contributed by atoms with Crippen LogP contribution >= 0.6 is 0 Å². The zero-order valence-corrected chi connectivity index (χ0v) is 11.8. The Bertz CT molecular complexity index is 362. The highest BCUT2D eigenvalue weighted by Gasteiger charge is 2.22. The molecule has 102 valence electrons. The Morgan fingerprint density at radius 3 is 3.00 bits per heavy atom. The molecule has 0 aliphatic carbocycles. The molecule has 0 bridgehead atoms. The quantitative estimate of drug-likeness (QED) is 0.813. The number of nitrogens with zero attached hydrogens (tertiary/aromatic N) is 4. The summed E-state index contributed by atoms with van der Waals surface area (Å²) in [6.07, 6.45) is 3.92. The van der Waals surface area contributed by atoms with E-state index in [1.165, 1.54) is 12.2 Å². The third-order valence-electron chi connectivity index (χ3n) is 3.74. The molecular formula is C13H25N5. The van der Waals surface area contributed by atoms with Gasteiger partial charge in [-0.05, 0) is 20.6 Å². The van der Waals surface area contributed by atoms with Gasteiger partial charge in [0.1, 0.15) is 0 Å². The average Bonchev–Trinajstić information content (AvgIpc) is 2.79. The Balaban J connectivity index is 1.97. The molecule has 1 fully saturated rings. The van der Waals surface area contributed by atoms with Crippen LogP contribution in [0.15, 0.2) is 12.5 Å². The Morgan fingerprint density at radius 2 is 2.22 bits per heavy atom. The van der Waals surface area contributed by atoms with Gasteiger partial charge < -0.3 is 14.8 Å². The van der Waals surface area contributed by atoms with Crippen LogP contribution in [0.3, 0.4) is 0 Å². The van der Waals surface area contributed by atoms with Crippen molar-refractivity contribution in [2.24, 2.45) is 0 Å². The maximum atomic E-state index is 4.28. The van der Waals surface area contributed by atoms with Crippen LogP contribution in [0.2, 0.25) is 0 Å². The molecule has 1 aromatic heterocycles. The van der Waals surface area contributed by atoms with Gasteiger partial charge in [-0.2, -0.15) is 0 Å². The van der Waals surface area contributed by atoms with E-state index in [0.717, 1.165) is 32.7 Å². The number of rotatable bonds is 5. The molecule has 2 rings (SSSR count). The summed E-state index contributed by atoms with van der Waals surface area (Å²) in [5, 5.41) is 3.36. The predicted molar refractivity (Wildman–Crippen MR) is 73.5 cm³/mol. The lowest BCUT2D eigenvalue weighted by Gasteiger charge is -2.38. The molecule has 1 N–H and O–H groups in total. The van der Waals surface area contributed by atoms with E-state index in [0.29, 0.717) is 6.04 Å². The Kier molecular flexibility index (Phi) is 4.74. The van der Waals surface area contributed by atoms with Crippen molar-refractivity contribution in [2.75, 3.05) is 40.3 Å². The van der Waals surface area contributed by atoms with Gasteiger partial charge in [0.2, 0.25) is 0 Å². The number of imidazole rings is 1. The van der Waals surface area contributed by atoms with Crippen molar-refractivity contribution in [2.45, 2.75) is 26.1 Å². The molecule has 18 heavy (non-hydrogen) atoms. The van der Waals surface area contributed by atoms with Crippen molar-refractivity contribution in [1.82, 2.24) is 24.7 Å². The maximum absolute atomic E-state index is 4.28. The van der Waals surface area contributed by atoms with E-state index in [1.807, 2.05) is 12.5 Å². The number of likely N-dealkylation sites (N-methyl/N-ethyl adjacent to an activating group) is 2. The first-order valence-corrected chi connectivity index (χ1v) is 6.79. The second-order valence-electron chi connectivity index (χ2n) is 5.21. The second-order valence-corrected chi connectivity index (χ2v) is 5.21. The highest BCUT2D eigenvalue weighted by molar-refractivity contribution is 4.99. The van der Waals surface area contributed by atoms with Crippen LogP contribution in [0.5, 0.6) is 0 Å². The molecule has 0 spiro atoms. The molecule has 1 aliphatic rings. The van der Waals surface area contributed by atoms with Gasteiger partial charge in [0.05, 0.1) is 12.0 Å². The summed E-state index contributed by atoms with van der Waals surface area (Å²) >= 11 is 0. The van der Waals surface area contributed by atoms with Crippen molar-refractivity contribution in [3.63, 3.8) is 0 Å². The zero-order chi connectivity index (χ0) is 13.0. The van der Waals surface area contributed by atoms with Crippen molar-refractivity contribution >= 4 is 0 Å². The molecule has 1 atom stereocenters. The van der Waals surface area contributed by atoms with E-state index in [4.69, 9.17) is 0 Å². The number of hydrogen-bond acceptors (Lipinski definition) is 4. The van der Waals surface area contributed by atoms with Gasteiger partial charge in [-0.3, -0.25) is 4.90 Å². The van der Waals surface area contributed by atoms with Gasteiger partial charge in [0.25, 0.3) is 0 Å². The Hall–Kier alpha value is -0.910. The monoisotopic (exact) mass is 251 g/mol. The fourth-order valence-corrected chi connectivity index (χ4v) is 2.44. The minimum atomic E-state index is 0.582. The van der Waals surface area contributed by atoms with Gasteiger partial charge in [0.15, 0.2) is 0 Å². The van der Waals surface area contributed by atoms with Crippen LogP contribution in [-0.2, 0) is 13.1 Å². The number of piperazine rings is 1. The van der Waals surface area contributed by atoms with Crippen LogP contribution in [-0.4, -0.2) is 65.7 Å². The van der Waals surface area contributed by atoms with E-state index in [1.54, 1.807) is 0 Å². The summed E-state index contributed by atoms with van der Waals surface area (Å²) in [5.74, 6) is 0. The van der Waals surface area contributed by atoms with Gasteiger partial charge in [0, 0.05) is 45.0 Å². The largest absolute Gasteiger partial charge is 0.332 e. The Morgan fingerprint density at radius 1 is 1.39 bits per heavy atom. The summed E-state index contributed by atoms with van der Waals surface area (Å²) in [4.78, 5) is 9.14. The van der Waals surface area contributed by atoms with Crippen LogP contribution in [0.1, 0.15) is 12.6 Å². The number of nitrogens with one attached hydrogen (secondary N) is 1. The molecule has 1 unspecified atom stereocenters. The van der Waals surface area contributed by atoms with Gasteiger partial charge in [-0.25, -0.2) is 4.98 Å². The summed E-state index contributed by atoms with van der Waals surface area (Å²) in [6.45, 7) is 8.51. The maximum Gasteiger partial charge on any atom is 0.0949 e. The molecule has 2 heterocycles. The number of hydrogen-bond donors (Lipinski definition) is 1. The van der Waals surface area contributed by atoms with Crippen LogP contribution in [0.4, 0.5) is 0 Å². The van der Waals surface area contributed by atoms with E-state index < -0.39 is 0 Å². The van der Waals surface area contributed by atoms with E-state index in [9.17, 15) is 0 Å². The Labute approximate surface area is 110 Å². The topological polar surface area (TPSA) is 36.3 Å². The van der Waals surface area contributed by atoms with E-state index in [-0.39, 0.29) is 0 Å². The molecule has 1 aromatic rings. The predicted octanol–water partition coefficient (Wildman–Crippen LogP) is 0.238. The van der Waals surface area contributed by atoms with Crippen molar-refractivity contribution in [3.05, 3.63) is 18.2 Å². The third-order valence-corrected chi connectivity index (χ3v) is 3.74. The minimum absolute atomic E-state index is 0.582. The first-order valence-electron chi connectivity index (χ1n) is 6.79. The summed E-state index contributed by atoms with van der Waals surface area (Å²) in [7, 11) is 4.42. The molecule has 1 aliphatic heterocycles. The molecule has 5 heteroatoms. The molecule has 0 aromatic carbocycles. The molecule has 5 nitrogen and oxygen atoms in total. The standard InChI is InChI=1S/C13H25N5/c1-4-14-7-12-8-15-11-18(12)10-13-9-16(2)5-6-17(13)3/h8,11,13-14H,4-7,9-10H2,1-3H3. The smallest absolute Gasteiger partial charge is 0.0949 e. The second kappa shape index (κ2) is 6.31. The van der Waals surface area contributed by atoms with E-state index in [2.05, 4.69) is 45.7 Å². The van der Waals surface area contributed by atoms with Crippen LogP contribution < -0.4 is 5.32 Å². The third kappa shape index (κ3) is 3.31. The average molecular weight is 251 g/mol. The fourth-order valence-electron chi connectivity index (χ4n) is 2.44. The SMILES string of the molecule is CCNCc1cncn1CC1CN(C)CCN1C. The first-order chi connectivity index (χ1) is 8.70. The van der Waals surface area contributed by atoms with Crippen molar-refractivity contribution in [1.29, 1.82) is 0 Å². The van der Waals surface area contributed by atoms with Crippen molar-refractivity contribution < 1.29 is 0 Å². The van der Waals surface area contributed by atoms with Gasteiger partial charge in [-0.15, -0.1) is 0 Å². The molecule has 0 radical (unpaired) electrons.